The maximum Gasteiger partial charge on any atom is 0.162 e. The van der Waals surface area contributed by atoms with E-state index in [4.69, 9.17) is 9.72 Å². The van der Waals surface area contributed by atoms with Crippen LogP contribution in [0.5, 0.6) is 5.75 Å². The summed E-state index contributed by atoms with van der Waals surface area (Å²) in [5.74, 6) is 0.849. The molecule has 0 unspecified atom stereocenters. The lowest BCUT2D eigenvalue weighted by Gasteiger charge is -2.03. The lowest BCUT2D eigenvalue weighted by molar-refractivity contribution is 0.415. The summed E-state index contributed by atoms with van der Waals surface area (Å²) >= 11 is 0. The molecule has 0 radical (unpaired) electrons. The number of aromatic nitrogens is 5. The normalized spacial score (nSPS) is 11.9. The van der Waals surface area contributed by atoms with Gasteiger partial charge in [0.05, 0.1) is 23.7 Å². The van der Waals surface area contributed by atoms with Gasteiger partial charge in [-0.3, -0.25) is 4.68 Å². The highest BCUT2D eigenvalue weighted by atomic mass is 16.5. The maximum atomic E-state index is 5.45. The van der Waals surface area contributed by atoms with Crippen LogP contribution in [0.4, 0.5) is 0 Å². The summed E-state index contributed by atoms with van der Waals surface area (Å²) in [6.45, 7) is 2.18. The molecule has 0 saturated heterocycles. The first kappa shape index (κ1) is 15.9. The molecule has 0 spiro atoms. The van der Waals surface area contributed by atoms with E-state index in [0.717, 1.165) is 56.3 Å². The van der Waals surface area contributed by atoms with Gasteiger partial charge in [-0.15, -0.1) is 0 Å². The molecule has 4 heterocycles. The van der Waals surface area contributed by atoms with Gasteiger partial charge in [-0.2, -0.15) is 0 Å². The number of rotatable bonds is 3. The second-order valence-corrected chi connectivity index (χ2v) is 6.92. The minimum atomic E-state index is 0.796. The van der Waals surface area contributed by atoms with Gasteiger partial charge in [0, 0.05) is 54.5 Å². The number of hydrogen-bond acceptors (Lipinski definition) is 3. The zero-order valence-corrected chi connectivity index (χ0v) is 15.9. The van der Waals surface area contributed by atoms with Crippen LogP contribution in [-0.4, -0.2) is 31.4 Å². The molecule has 0 aliphatic rings. The fourth-order valence-electron chi connectivity index (χ4n) is 4.11. The van der Waals surface area contributed by atoms with Gasteiger partial charge in [0.15, 0.2) is 5.65 Å². The highest BCUT2D eigenvalue weighted by Crippen LogP contribution is 2.38. The number of H-pyrrole nitrogens is 1. The summed E-state index contributed by atoms with van der Waals surface area (Å²) in [4.78, 5) is 9.57. The van der Waals surface area contributed by atoms with Gasteiger partial charge in [0.1, 0.15) is 5.75 Å². The molecule has 5 aromatic rings. The van der Waals surface area contributed by atoms with Crippen molar-refractivity contribution in [1.29, 1.82) is 0 Å². The molecule has 1 N–H and O–H groups in total. The van der Waals surface area contributed by atoms with Gasteiger partial charge in [0.25, 0.3) is 0 Å². The van der Waals surface area contributed by atoms with Crippen molar-refractivity contribution in [3.63, 3.8) is 0 Å². The number of benzene rings is 1. The quantitative estimate of drug-likeness (QED) is 0.526. The van der Waals surface area contributed by atoms with Gasteiger partial charge < -0.3 is 14.4 Å². The van der Waals surface area contributed by atoms with Crippen molar-refractivity contribution >= 4 is 32.8 Å². The molecule has 6 nitrogen and oxygen atoms in total. The Morgan fingerprint density at radius 3 is 2.85 bits per heavy atom. The second kappa shape index (κ2) is 5.61. The molecule has 0 amide bonds. The van der Waals surface area contributed by atoms with E-state index in [1.165, 1.54) is 5.56 Å². The van der Waals surface area contributed by atoms with Gasteiger partial charge in [-0.1, -0.05) is 6.92 Å². The number of methoxy groups -OCH3 is 1. The van der Waals surface area contributed by atoms with E-state index in [-0.39, 0.29) is 0 Å². The van der Waals surface area contributed by atoms with Gasteiger partial charge in [-0.25, -0.2) is 9.97 Å². The molecule has 27 heavy (non-hydrogen) atoms. The molecule has 136 valence electrons. The zero-order valence-electron chi connectivity index (χ0n) is 15.9. The summed E-state index contributed by atoms with van der Waals surface area (Å²) in [6, 6.07) is 6.17. The number of ether oxygens (including phenoxy) is 1. The first-order valence-electron chi connectivity index (χ1n) is 9.07. The average molecular weight is 359 g/mol. The van der Waals surface area contributed by atoms with Crippen LogP contribution < -0.4 is 4.74 Å². The number of fused-ring (bicyclic) bond motifs is 4. The minimum absolute atomic E-state index is 0.796. The third-order valence-corrected chi connectivity index (χ3v) is 5.42. The van der Waals surface area contributed by atoms with Crippen LogP contribution >= 0.6 is 0 Å². The van der Waals surface area contributed by atoms with E-state index in [2.05, 4.69) is 47.0 Å². The van der Waals surface area contributed by atoms with Crippen molar-refractivity contribution < 1.29 is 4.74 Å². The van der Waals surface area contributed by atoms with Crippen LogP contribution in [0.3, 0.4) is 0 Å². The van der Waals surface area contributed by atoms with E-state index in [0.29, 0.717) is 0 Å². The fourth-order valence-corrected chi connectivity index (χ4v) is 4.11. The molecule has 1 aromatic carbocycles. The Kier molecular flexibility index (Phi) is 3.31. The number of pyridine rings is 1. The summed E-state index contributed by atoms with van der Waals surface area (Å²) in [6.07, 6.45) is 6.91. The Balaban J connectivity index is 1.90. The maximum absolute atomic E-state index is 5.45. The van der Waals surface area contributed by atoms with Crippen LogP contribution in [0.25, 0.3) is 44.1 Å². The van der Waals surface area contributed by atoms with Gasteiger partial charge in [-0.05, 0) is 30.2 Å². The van der Waals surface area contributed by atoms with Crippen LogP contribution in [0, 0.1) is 0 Å². The van der Waals surface area contributed by atoms with Crippen molar-refractivity contribution in [3.05, 3.63) is 42.4 Å². The van der Waals surface area contributed by atoms with Crippen molar-refractivity contribution in [2.75, 3.05) is 7.11 Å². The highest BCUT2D eigenvalue weighted by Gasteiger charge is 2.21. The largest absolute Gasteiger partial charge is 0.497 e. The van der Waals surface area contributed by atoms with Crippen molar-refractivity contribution in [2.24, 2.45) is 14.1 Å². The van der Waals surface area contributed by atoms with Crippen LogP contribution in [-0.2, 0) is 20.5 Å². The Morgan fingerprint density at radius 2 is 2.07 bits per heavy atom. The van der Waals surface area contributed by atoms with E-state index in [1.807, 2.05) is 30.2 Å². The molecular formula is C21H21N5O. The SMILES string of the molecule is CCc1c(-c2cn(C)c3ccc(OC)cc23)nc2ncc3c[nH]n(C)c3c12. The Bertz CT molecular complexity index is 1320. The predicted molar refractivity (Wildman–Crippen MR) is 108 cm³/mol. The molecule has 0 fully saturated rings. The average Bonchev–Trinajstić information content (AvgIpc) is 3.34. The van der Waals surface area contributed by atoms with E-state index >= 15 is 0 Å². The second-order valence-electron chi connectivity index (χ2n) is 6.92. The topological polar surface area (TPSA) is 60.7 Å². The molecule has 0 saturated carbocycles. The first-order chi connectivity index (χ1) is 13.1. The van der Waals surface area contributed by atoms with Crippen molar-refractivity contribution in [2.45, 2.75) is 13.3 Å². The van der Waals surface area contributed by atoms with E-state index in [1.54, 1.807) is 7.11 Å². The third-order valence-electron chi connectivity index (χ3n) is 5.42. The lowest BCUT2D eigenvalue weighted by atomic mass is 10.0. The van der Waals surface area contributed by atoms with Crippen LogP contribution in [0.2, 0.25) is 0 Å². The predicted octanol–water partition coefficient (Wildman–Crippen LogP) is 4.18. The van der Waals surface area contributed by atoms with Crippen LogP contribution in [0.15, 0.2) is 36.8 Å². The summed E-state index contributed by atoms with van der Waals surface area (Å²) in [7, 11) is 5.79. The number of aromatic amines is 1. The van der Waals surface area contributed by atoms with Gasteiger partial charge in [0.2, 0.25) is 0 Å². The first-order valence-corrected chi connectivity index (χ1v) is 9.07. The summed E-state index contributed by atoms with van der Waals surface area (Å²) in [5.41, 5.74) is 6.46. The number of nitrogens with zero attached hydrogens (tertiary/aromatic N) is 4. The molecule has 5 rings (SSSR count). The molecule has 0 atom stereocenters. The molecular weight excluding hydrogens is 338 g/mol. The summed E-state index contributed by atoms with van der Waals surface area (Å²) < 4.78 is 9.63. The number of hydrogen-bond donors (Lipinski definition) is 1. The number of aryl methyl sites for hydroxylation is 3. The monoisotopic (exact) mass is 359 g/mol. The van der Waals surface area contributed by atoms with Crippen molar-refractivity contribution in [1.82, 2.24) is 24.3 Å². The van der Waals surface area contributed by atoms with E-state index < -0.39 is 0 Å². The molecule has 0 aliphatic carbocycles. The zero-order chi connectivity index (χ0) is 18.7. The lowest BCUT2D eigenvalue weighted by Crippen LogP contribution is -1.91. The molecule has 0 bridgehead atoms. The molecule has 0 aliphatic heterocycles. The Hall–Kier alpha value is -3.28. The van der Waals surface area contributed by atoms with Crippen LogP contribution in [0.1, 0.15) is 12.5 Å². The molecule has 6 heteroatoms. The van der Waals surface area contributed by atoms with Crippen molar-refractivity contribution in [3.8, 4) is 17.0 Å². The van der Waals surface area contributed by atoms with E-state index in [9.17, 15) is 0 Å². The highest BCUT2D eigenvalue weighted by molar-refractivity contribution is 6.09. The minimum Gasteiger partial charge on any atom is -0.497 e. The molecule has 4 aromatic heterocycles. The Labute approximate surface area is 156 Å². The third kappa shape index (κ3) is 2.13. The standard InChI is InChI=1S/C21H21N5O/c1-5-14-18-20-12(10-23-26(20)3)9-22-21(18)24-19(14)16-11-25(2)17-7-6-13(27-4)8-15(16)17/h6-11,23H,5H2,1-4H3. The fraction of sp³-hybridized carbons (Fsp3) is 0.238. The number of nitrogens with one attached hydrogen (secondary N) is 1. The smallest absolute Gasteiger partial charge is 0.162 e. The Morgan fingerprint density at radius 1 is 1.22 bits per heavy atom. The van der Waals surface area contributed by atoms with Gasteiger partial charge >= 0.3 is 0 Å². The summed E-state index contributed by atoms with van der Waals surface area (Å²) in [5, 5.41) is 6.62.